The van der Waals surface area contributed by atoms with Crippen LogP contribution in [0.1, 0.15) is 50.1 Å². The van der Waals surface area contributed by atoms with Crippen molar-refractivity contribution in [2.24, 2.45) is 5.92 Å². The summed E-state index contributed by atoms with van der Waals surface area (Å²) < 4.78 is 5.30. The first-order valence-electron chi connectivity index (χ1n) is 7.25. The van der Waals surface area contributed by atoms with Gasteiger partial charge in [0, 0.05) is 6.04 Å². The fourth-order valence-electron chi connectivity index (χ4n) is 3.07. The molecule has 0 saturated heterocycles. The molecule has 0 aromatic heterocycles. The Balaban J connectivity index is 1.99. The van der Waals surface area contributed by atoms with E-state index in [9.17, 15) is 0 Å². The van der Waals surface area contributed by atoms with E-state index in [2.05, 4.69) is 17.4 Å². The molecule has 1 unspecified atom stereocenters. The molecule has 0 spiro atoms. The summed E-state index contributed by atoms with van der Waals surface area (Å²) in [7, 11) is 3.69. The third-order valence-electron chi connectivity index (χ3n) is 4.26. The first-order chi connectivity index (χ1) is 9.24. The molecule has 0 amide bonds. The monoisotopic (exact) mass is 281 g/mol. The van der Waals surface area contributed by atoms with Crippen molar-refractivity contribution < 1.29 is 4.74 Å². The average Bonchev–Trinajstić information content (AvgIpc) is 2.94. The van der Waals surface area contributed by atoms with Gasteiger partial charge in [-0.3, -0.25) is 0 Å². The molecular weight excluding hydrogens is 258 g/mol. The van der Waals surface area contributed by atoms with Crippen molar-refractivity contribution >= 4 is 11.6 Å². The highest BCUT2D eigenvalue weighted by atomic mass is 35.5. The van der Waals surface area contributed by atoms with Crippen molar-refractivity contribution in [1.29, 1.82) is 0 Å². The number of halogens is 1. The van der Waals surface area contributed by atoms with Gasteiger partial charge in [-0.1, -0.05) is 43.4 Å². The Labute approximate surface area is 121 Å². The van der Waals surface area contributed by atoms with Gasteiger partial charge in [0.25, 0.3) is 0 Å². The third kappa shape index (κ3) is 3.87. The Morgan fingerprint density at radius 2 is 2.11 bits per heavy atom. The van der Waals surface area contributed by atoms with Crippen LogP contribution >= 0.6 is 11.6 Å². The predicted molar refractivity (Wildman–Crippen MR) is 81.0 cm³/mol. The van der Waals surface area contributed by atoms with Crippen LogP contribution < -0.4 is 10.1 Å². The Morgan fingerprint density at radius 1 is 1.37 bits per heavy atom. The Bertz CT molecular complexity index is 402. The minimum atomic E-state index is 0.395. The Hall–Kier alpha value is -0.730. The van der Waals surface area contributed by atoms with Gasteiger partial charge in [-0.25, -0.2) is 0 Å². The molecule has 0 aliphatic heterocycles. The van der Waals surface area contributed by atoms with Gasteiger partial charge < -0.3 is 10.1 Å². The quantitative estimate of drug-likeness (QED) is 0.824. The number of rotatable bonds is 6. The maximum absolute atomic E-state index is 6.08. The molecule has 1 N–H and O–H groups in total. The van der Waals surface area contributed by atoms with Crippen LogP contribution in [0, 0.1) is 5.92 Å². The highest BCUT2D eigenvalue weighted by molar-refractivity contribution is 6.32. The van der Waals surface area contributed by atoms with Crippen molar-refractivity contribution in [2.75, 3.05) is 14.2 Å². The SMILES string of the molecule is CNC(CCC1CCCC1)c1ccc(Cl)c(OC)c1. The van der Waals surface area contributed by atoms with Crippen LogP contribution in [0.4, 0.5) is 0 Å². The van der Waals surface area contributed by atoms with Crippen LogP contribution in [0.3, 0.4) is 0 Å². The van der Waals surface area contributed by atoms with Crippen LogP contribution in [0.5, 0.6) is 5.75 Å². The number of hydrogen-bond donors (Lipinski definition) is 1. The Morgan fingerprint density at radius 3 is 2.74 bits per heavy atom. The summed E-state index contributed by atoms with van der Waals surface area (Å²) in [6.45, 7) is 0. The summed E-state index contributed by atoms with van der Waals surface area (Å²) in [5, 5.41) is 4.09. The first kappa shape index (κ1) is 14.7. The summed E-state index contributed by atoms with van der Waals surface area (Å²) in [5.41, 5.74) is 1.27. The van der Waals surface area contributed by atoms with Crippen molar-refractivity contribution in [1.82, 2.24) is 5.32 Å². The minimum Gasteiger partial charge on any atom is -0.495 e. The molecule has 0 bridgehead atoms. The van der Waals surface area contributed by atoms with E-state index >= 15 is 0 Å². The zero-order chi connectivity index (χ0) is 13.7. The molecule has 1 aromatic carbocycles. The van der Waals surface area contributed by atoms with E-state index in [-0.39, 0.29) is 0 Å². The first-order valence-corrected chi connectivity index (χ1v) is 7.63. The lowest BCUT2D eigenvalue weighted by Gasteiger charge is -2.19. The van der Waals surface area contributed by atoms with Gasteiger partial charge in [0.05, 0.1) is 12.1 Å². The Kier molecular flexibility index (Phi) is 5.53. The molecule has 1 aliphatic rings. The number of benzene rings is 1. The van der Waals surface area contributed by atoms with E-state index in [0.717, 1.165) is 11.7 Å². The molecule has 2 rings (SSSR count). The maximum atomic E-state index is 6.08. The second kappa shape index (κ2) is 7.16. The average molecular weight is 282 g/mol. The van der Waals surface area contributed by atoms with E-state index in [1.165, 1.54) is 44.1 Å². The molecule has 0 radical (unpaired) electrons. The number of hydrogen-bond acceptors (Lipinski definition) is 2. The van der Waals surface area contributed by atoms with Gasteiger partial charge in [0.15, 0.2) is 0 Å². The van der Waals surface area contributed by atoms with Gasteiger partial charge in [0.2, 0.25) is 0 Å². The number of ether oxygens (including phenoxy) is 1. The zero-order valence-electron chi connectivity index (χ0n) is 11.9. The molecule has 1 aliphatic carbocycles. The predicted octanol–water partition coefficient (Wildman–Crippen LogP) is 4.58. The van der Waals surface area contributed by atoms with Crippen LogP contribution in [0.25, 0.3) is 0 Å². The molecule has 1 fully saturated rings. The highest BCUT2D eigenvalue weighted by Gasteiger charge is 2.18. The summed E-state index contributed by atoms with van der Waals surface area (Å²) in [4.78, 5) is 0. The second-order valence-corrected chi connectivity index (χ2v) is 5.87. The van der Waals surface area contributed by atoms with Crippen LogP contribution in [-0.4, -0.2) is 14.2 Å². The van der Waals surface area contributed by atoms with E-state index in [1.54, 1.807) is 7.11 Å². The van der Waals surface area contributed by atoms with Gasteiger partial charge in [-0.15, -0.1) is 0 Å². The fourth-order valence-corrected chi connectivity index (χ4v) is 3.27. The molecule has 1 atom stereocenters. The molecule has 0 heterocycles. The van der Waals surface area contributed by atoms with E-state index in [0.29, 0.717) is 11.1 Å². The van der Waals surface area contributed by atoms with Gasteiger partial charge >= 0.3 is 0 Å². The third-order valence-corrected chi connectivity index (χ3v) is 4.58. The summed E-state index contributed by atoms with van der Waals surface area (Å²) >= 11 is 6.08. The highest BCUT2D eigenvalue weighted by Crippen LogP contribution is 2.33. The normalized spacial score (nSPS) is 17.6. The van der Waals surface area contributed by atoms with Crippen molar-refractivity contribution in [3.05, 3.63) is 28.8 Å². The van der Waals surface area contributed by atoms with Crippen molar-refractivity contribution in [3.63, 3.8) is 0 Å². The number of methoxy groups -OCH3 is 1. The van der Waals surface area contributed by atoms with Crippen LogP contribution in [0.15, 0.2) is 18.2 Å². The van der Waals surface area contributed by atoms with Crippen molar-refractivity contribution in [3.8, 4) is 5.75 Å². The summed E-state index contributed by atoms with van der Waals surface area (Å²) in [5.74, 6) is 1.70. The molecule has 3 heteroatoms. The van der Waals surface area contributed by atoms with E-state index < -0.39 is 0 Å². The lowest BCUT2D eigenvalue weighted by Crippen LogP contribution is -2.17. The van der Waals surface area contributed by atoms with Crippen molar-refractivity contribution in [2.45, 2.75) is 44.6 Å². The van der Waals surface area contributed by atoms with E-state index in [1.807, 2.05) is 13.1 Å². The maximum Gasteiger partial charge on any atom is 0.137 e. The fraction of sp³-hybridized carbons (Fsp3) is 0.625. The minimum absolute atomic E-state index is 0.395. The number of nitrogens with one attached hydrogen (secondary N) is 1. The second-order valence-electron chi connectivity index (χ2n) is 5.46. The molecule has 1 saturated carbocycles. The van der Waals surface area contributed by atoms with Crippen LogP contribution in [0.2, 0.25) is 5.02 Å². The summed E-state index contributed by atoms with van der Waals surface area (Å²) in [6.07, 6.45) is 8.18. The van der Waals surface area contributed by atoms with E-state index in [4.69, 9.17) is 16.3 Å². The molecule has 19 heavy (non-hydrogen) atoms. The standard InChI is InChI=1S/C16H24ClNO/c1-18-15(10-7-12-5-3-4-6-12)13-8-9-14(17)16(11-13)19-2/h8-9,11-12,15,18H,3-7,10H2,1-2H3. The topological polar surface area (TPSA) is 21.3 Å². The van der Waals surface area contributed by atoms with Gasteiger partial charge in [0.1, 0.15) is 5.75 Å². The summed E-state index contributed by atoms with van der Waals surface area (Å²) in [6, 6.07) is 6.47. The molecule has 2 nitrogen and oxygen atoms in total. The van der Waals surface area contributed by atoms with Crippen LogP contribution in [-0.2, 0) is 0 Å². The lowest BCUT2D eigenvalue weighted by molar-refractivity contribution is 0.408. The smallest absolute Gasteiger partial charge is 0.137 e. The zero-order valence-corrected chi connectivity index (χ0v) is 12.7. The largest absolute Gasteiger partial charge is 0.495 e. The van der Waals surface area contributed by atoms with Gasteiger partial charge in [-0.2, -0.15) is 0 Å². The molecule has 1 aromatic rings. The van der Waals surface area contributed by atoms with Gasteiger partial charge in [-0.05, 0) is 43.5 Å². The lowest BCUT2D eigenvalue weighted by atomic mass is 9.95. The molecular formula is C16H24ClNO. The molecule has 106 valence electrons.